The lowest BCUT2D eigenvalue weighted by molar-refractivity contribution is -0.0179. The first kappa shape index (κ1) is 30.1. The monoisotopic (exact) mass is 584 g/mol. The van der Waals surface area contributed by atoms with Crippen LogP contribution < -0.4 is 10.1 Å². The zero-order chi connectivity index (χ0) is 30.7. The topological polar surface area (TPSA) is 96.3 Å². The van der Waals surface area contributed by atoms with Gasteiger partial charge in [0.05, 0.1) is 32.5 Å². The van der Waals surface area contributed by atoms with Gasteiger partial charge in [0, 0.05) is 61.3 Å². The lowest BCUT2D eigenvalue weighted by atomic mass is 9.96. The first-order chi connectivity index (χ1) is 20.7. The highest BCUT2D eigenvalue weighted by Crippen LogP contribution is 2.38. The molecule has 1 aliphatic heterocycles. The molecule has 3 aromatic carbocycles. The van der Waals surface area contributed by atoms with Crippen LogP contribution >= 0.6 is 0 Å². The van der Waals surface area contributed by atoms with E-state index in [9.17, 15) is 14.7 Å². The maximum Gasteiger partial charge on any atom is 0.321 e. The van der Waals surface area contributed by atoms with E-state index in [2.05, 4.69) is 5.32 Å². The highest BCUT2D eigenvalue weighted by Gasteiger charge is 2.34. The number of aryl methyl sites for hydroxylation is 1. The number of urea groups is 1. The third-order valence-corrected chi connectivity index (χ3v) is 8.35. The fourth-order valence-corrected chi connectivity index (χ4v) is 5.80. The number of benzene rings is 3. The third kappa shape index (κ3) is 6.09. The molecule has 2 N–H and O–H groups in total. The molecule has 3 amide bonds. The van der Waals surface area contributed by atoms with Gasteiger partial charge >= 0.3 is 6.03 Å². The Morgan fingerprint density at radius 2 is 1.88 bits per heavy atom. The molecule has 0 unspecified atom stereocenters. The molecule has 1 aromatic heterocycles. The summed E-state index contributed by atoms with van der Waals surface area (Å²) in [4.78, 5) is 31.0. The molecule has 9 heteroatoms. The fraction of sp³-hybridized carbons (Fsp3) is 0.353. The number of ether oxygens (including phenoxy) is 2. The van der Waals surface area contributed by atoms with E-state index >= 15 is 0 Å². The van der Waals surface area contributed by atoms with Crippen molar-refractivity contribution in [2.75, 3.05) is 39.2 Å². The first-order valence-corrected chi connectivity index (χ1v) is 14.6. The van der Waals surface area contributed by atoms with Crippen molar-refractivity contribution in [3.05, 3.63) is 84.1 Å². The second-order valence-electron chi connectivity index (χ2n) is 11.3. The number of nitrogens with zero attached hydrogens (tertiary/aromatic N) is 3. The Morgan fingerprint density at radius 3 is 2.65 bits per heavy atom. The summed E-state index contributed by atoms with van der Waals surface area (Å²) in [5, 5.41) is 14.1. The van der Waals surface area contributed by atoms with Crippen molar-refractivity contribution in [3.63, 3.8) is 0 Å². The zero-order valence-corrected chi connectivity index (χ0v) is 25.4. The van der Waals surface area contributed by atoms with Crippen molar-refractivity contribution < 1.29 is 24.2 Å². The molecule has 0 aliphatic carbocycles. The number of rotatable bonds is 6. The van der Waals surface area contributed by atoms with Crippen molar-refractivity contribution in [1.82, 2.24) is 14.4 Å². The Balaban J connectivity index is 1.52. The van der Waals surface area contributed by atoms with Crippen LogP contribution in [0.2, 0.25) is 0 Å². The Kier molecular flexibility index (Phi) is 9.03. The minimum Gasteiger partial charge on any atom is -0.497 e. The molecule has 226 valence electrons. The highest BCUT2D eigenvalue weighted by atomic mass is 16.5. The highest BCUT2D eigenvalue weighted by molar-refractivity contribution is 6.10. The molecule has 3 atom stereocenters. The van der Waals surface area contributed by atoms with Crippen molar-refractivity contribution in [2.45, 2.75) is 32.6 Å². The number of para-hydroxylation sites is 1. The van der Waals surface area contributed by atoms with Crippen LogP contribution in [-0.4, -0.2) is 77.4 Å². The predicted molar refractivity (Wildman–Crippen MR) is 168 cm³/mol. The van der Waals surface area contributed by atoms with Crippen molar-refractivity contribution >= 4 is 28.5 Å². The smallest absolute Gasteiger partial charge is 0.321 e. The number of nitrogens with one attached hydrogen (secondary N) is 1. The minimum atomic E-state index is -0.424. The summed E-state index contributed by atoms with van der Waals surface area (Å²) in [6.45, 7) is 4.64. The summed E-state index contributed by atoms with van der Waals surface area (Å²) in [7, 11) is 5.23. The van der Waals surface area contributed by atoms with Crippen molar-refractivity contribution in [2.24, 2.45) is 13.0 Å². The molecule has 1 aliphatic rings. The number of hydrogen-bond acceptors (Lipinski definition) is 5. The number of aromatic nitrogens is 1. The molecule has 2 heterocycles. The Morgan fingerprint density at radius 1 is 1.14 bits per heavy atom. The Hall–Kier alpha value is -4.34. The van der Waals surface area contributed by atoms with Crippen LogP contribution in [0, 0.1) is 5.92 Å². The van der Waals surface area contributed by atoms with E-state index in [0.29, 0.717) is 36.8 Å². The second kappa shape index (κ2) is 12.9. The number of hydrogen-bond donors (Lipinski definition) is 2. The quantitative estimate of drug-likeness (QED) is 0.318. The van der Waals surface area contributed by atoms with E-state index in [1.165, 1.54) is 0 Å². The van der Waals surface area contributed by atoms with Gasteiger partial charge < -0.3 is 34.3 Å². The predicted octanol–water partition coefficient (Wildman–Crippen LogP) is 5.38. The minimum absolute atomic E-state index is 0.151. The summed E-state index contributed by atoms with van der Waals surface area (Å²) < 4.78 is 13.8. The van der Waals surface area contributed by atoms with E-state index in [0.717, 1.165) is 27.6 Å². The number of likely N-dealkylation sites (N-methyl/N-ethyl adjacent to an activating group) is 1. The molecule has 0 spiro atoms. The number of anilines is 1. The van der Waals surface area contributed by atoms with Crippen LogP contribution in [0.5, 0.6) is 5.75 Å². The maximum absolute atomic E-state index is 14.5. The number of methoxy groups -OCH3 is 1. The number of amides is 3. The van der Waals surface area contributed by atoms with E-state index in [-0.39, 0.29) is 24.5 Å². The van der Waals surface area contributed by atoms with Gasteiger partial charge in [-0.05, 0) is 36.2 Å². The summed E-state index contributed by atoms with van der Waals surface area (Å²) in [6, 6.07) is 22.5. The average Bonchev–Trinajstić information content (AvgIpc) is 3.32. The van der Waals surface area contributed by atoms with Gasteiger partial charge in [-0.2, -0.15) is 0 Å². The SMILES string of the molecule is COc1cccc(NC(=O)N(C)C[C@@H]2OCc3ccccc3-c3c(n(C)c4ccccc34)C(=O)N([C@H](C)CO)C[C@H]2C)c1. The summed E-state index contributed by atoms with van der Waals surface area (Å²) in [6.07, 6.45) is -0.395. The molecular formula is C34H40N4O5. The van der Waals surface area contributed by atoms with Gasteiger partial charge in [-0.25, -0.2) is 4.79 Å². The molecule has 0 fully saturated rings. The number of aliphatic hydroxyl groups excluding tert-OH is 1. The lowest BCUT2D eigenvalue weighted by Crippen LogP contribution is -2.48. The average molecular weight is 585 g/mol. The van der Waals surface area contributed by atoms with E-state index in [1.54, 1.807) is 36.1 Å². The van der Waals surface area contributed by atoms with Gasteiger partial charge in [-0.1, -0.05) is 55.5 Å². The standard InChI is InChI=1S/C34H40N4O5/c1-22-18-38(23(2)20-39)33(40)32-31(28-15-8-9-16-29(28)37(32)4)27-14-7-6-11-24(27)21-43-30(22)19-36(3)34(41)35-25-12-10-13-26(17-25)42-5/h6-17,22-23,30,39H,18-21H2,1-5H3,(H,35,41)/t22-,23-,30+/m1/s1. The summed E-state index contributed by atoms with van der Waals surface area (Å²) in [5.41, 5.74) is 4.90. The summed E-state index contributed by atoms with van der Waals surface area (Å²) >= 11 is 0. The Labute approximate surface area is 252 Å². The first-order valence-electron chi connectivity index (χ1n) is 14.6. The maximum atomic E-state index is 14.5. The molecule has 5 rings (SSSR count). The van der Waals surface area contributed by atoms with Gasteiger partial charge in [0.1, 0.15) is 11.4 Å². The van der Waals surface area contributed by atoms with Crippen LogP contribution in [0.3, 0.4) is 0 Å². The molecule has 43 heavy (non-hydrogen) atoms. The molecule has 9 nitrogen and oxygen atoms in total. The number of fused-ring (bicyclic) bond motifs is 5. The largest absolute Gasteiger partial charge is 0.497 e. The fourth-order valence-electron chi connectivity index (χ4n) is 5.80. The number of carbonyl (C=O) groups is 2. The Bertz CT molecular complexity index is 1620. The van der Waals surface area contributed by atoms with Crippen LogP contribution in [0.15, 0.2) is 72.8 Å². The number of aliphatic hydroxyl groups is 1. The lowest BCUT2D eigenvalue weighted by Gasteiger charge is -2.35. The van der Waals surface area contributed by atoms with Crippen LogP contribution in [-0.2, 0) is 18.4 Å². The van der Waals surface area contributed by atoms with Crippen molar-refractivity contribution in [3.8, 4) is 16.9 Å². The van der Waals surface area contributed by atoms with Gasteiger partial charge in [-0.15, -0.1) is 0 Å². The van der Waals surface area contributed by atoms with E-state index < -0.39 is 12.1 Å². The summed E-state index contributed by atoms with van der Waals surface area (Å²) in [5.74, 6) is 0.339. The normalized spacial score (nSPS) is 17.9. The molecule has 0 saturated carbocycles. The molecule has 0 bridgehead atoms. The molecule has 0 saturated heterocycles. The van der Waals surface area contributed by atoms with Gasteiger partial charge in [-0.3, -0.25) is 4.79 Å². The van der Waals surface area contributed by atoms with E-state index in [4.69, 9.17) is 9.47 Å². The molecular weight excluding hydrogens is 544 g/mol. The van der Waals surface area contributed by atoms with Crippen LogP contribution in [0.1, 0.15) is 29.9 Å². The van der Waals surface area contributed by atoms with Gasteiger partial charge in [0.25, 0.3) is 5.91 Å². The number of carbonyl (C=O) groups excluding carboxylic acids is 2. The van der Waals surface area contributed by atoms with Gasteiger partial charge in [0.15, 0.2) is 0 Å². The van der Waals surface area contributed by atoms with Gasteiger partial charge in [0.2, 0.25) is 0 Å². The molecule has 0 radical (unpaired) electrons. The zero-order valence-electron chi connectivity index (χ0n) is 25.4. The third-order valence-electron chi connectivity index (χ3n) is 8.35. The van der Waals surface area contributed by atoms with Crippen LogP contribution in [0.25, 0.3) is 22.0 Å². The van der Waals surface area contributed by atoms with Crippen LogP contribution in [0.4, 0.5) is 10.5 Å². The second-order valence-corrected chi connectivity index (χ2v) is 11.3. The van der Waals surface area contributed by atoms with Crippen molar-refractivity contribution in [1.29, 1.82) is 0 Å². The molecule has 4 aromatic rings. The van der Waals surface area contributed by atoms with E-state index in [1.807, 2.05) is 86.1 Å².